The van der Waals surface area contributed by atoms with Crippen molar-refractivity contribution in [2.24, 2.45) is 0 Å². The van der Waals surface area contributed by atoms with Gasteiger partial charge in [0.25, 0.3) is 0 Å². The normalized spacial score (nSPS) is 16.3. The molecule has 0 unspecified atom stereocenters. The van der Waals surface area contributed by atoms with Gasteiger partial charge in [-0.25, -0.2) is 13.1 Å². The summed E-state index contributed by atoms with van der Waals surface area (Å²) in [5.74, 6) is -0.0289. The monoisotopic (exact) mass is 358 g/mol. The van der Waals surface area contributed by atoms with E-state index in [1.54, 1.807) is 24.1 Å². The number of hydrogen-bond acceptors (Lipinski definition) is 3. The summed E-state index contributed by atoms with van der Waals surface area (Å²) in [5, 5.41) is 0.172. The van der Waals surface area contributed by atoms with Crippen molar-refractivity contribution in [3.05, 3.63) is 29.3 Å². The van der Waals surface area contributed by atoms with E-state index in [0.29, 0.717) is 0 Å². The Kier molecular flexibility index (Phi) is 6.44. The minimum atomic E-state index is -3.69. The van der Waals surface area contributed by atoms with Gasteiger partial charge in [-0.3, -0.25) is 4.79 Å². The van der Waals surface area contributed by atoms with Crippen LogP contribution in [0.3, 0.4) is 0 Å². The molecule has 1 aliphatic rings. The molecular formula is C16H23ClN2O3S. The number of sulfonamides is 1. The predicted molar refractivity (Wildman–Crippen MR) is 90.9 cm³/mol. The number of hydrogen-bond donors (Lipinski definition) is 1. The van der Waals surface area contributed by atoms with Crippen molar-refractivity contribution in [3.63, 3.8) is 0 Å². The van der Waals surface area contributed by atoms with E-state index in [0.717, 1.165) is 25.7 Å². The Morgan fingerprint density at radius 2 is 1.91 bits per heavy atom. The second-order valence-electron chi connectivity index (χ2n) is 5.87. The molecule has 1 aromatic rings. The summed E-state index contributed by atoms with van der Waals surface area (Å²) >= 11 is 5.91. The number of carbonyl (C=O) groups is 1. The van der Waals surface area contributed by atoms with E-state index in [2.05, 4.69) is 4.72 Å². The summed E-state index contributed by atoms with van der Waals surface area (Å²) in [6.07, 6.45) is 5.76. The lowest BCUT2D eigenvalue weighted by Crippen LogP contribution is -2.39. The van der Waals surface area contributed by atoms with Crippen molar-refractivity contribution >= 4 is 27.5 Å². The Hall–Kier alpha value is -1.11. The van der Waals surface area contributed by atoms with E-state index in [1.165, 1.54) is 18.6 Å². The quantitative estimate of drug-likeness (QED) is 0.850. The molecule has 23 heavy (non-hydrogen) atoms. The highest BCUT2D eigenvalue weighted by Crippen LogP contribution is 2.22. The summed E-state index contributed by atoms with van der Waals surface area (Å²) in [4.78, 5) is 14.0. The lowest BCUT2D eigenvalue weighted by molar-refractivity contribution is -0.132. The van der Waals surface area contributed by atoms with Crippen LogP contribution in [0.4, 0.5) is 0 Å². The molecule has 2 rings (SSSR count). The predicted octanol–water partition coefficient (Wildman–Crippen LogP) is 2.80. The van der Waals surface area contributed by atoms with E-state index in [4.69, 9.17) is 11.6 Å². The smallest absolute Gasteiger partial charge is 0.242 e. The van der Waals surface area contributed by atoms with Crippen LogP contribution in [0, 0.1) is 0 Å². The van der Waals surface area contributed by atoms with Gasteiger partial charge in [0.05, 0.1) is 5.02 Å². The van der Waals surface area contributed by atoms with Crippen LogP contribution in [-0.4, -0.2) is 38.9 Å². The van der Waals surface area contributed by atoms with Gasteiger partial charge in [-0.15, -0.1) is 0 Å². The summed E-state index contributed by atoms with van der Waals surface area (Å²) < 4.78 is 26.8. The molecule has 0 spiro atoms. The van der Waals surface area contributed by atoms with Gasteiger partial charge in [-0.05, 0) is 25.0 Å². The van der Waals surface area contributed by atoms with Crippen molar-refractivity contribution in [2.75, 3.05) is 13.6 Å². The molecule has 1 aromatic carbocycles. The first-order chi connectivity index (χ1) is 10.9. The first kappa shape index (κ1) is 18.2. The molecule has 0 bridgehead atoms. The lowest BCUT2D eigenvalue weighted by atomic mass is 9.94. The van der Waals surface area contributed by atoms with Crippen molar-refractivity contribution < 1.29 is 13.2 Å². The van der Waals surface area contributed by atoms with Gasteiger partial charge in [0.2, 0.25) is 15.9 Å². The van der Waals surface area contributed by atoms with Crippen molar-refractivity contribution in [1.82, 2.24) is 9.62 Å². The summed E-state index contributed by atoms with van der Waals surface area (Å²) in [7, 11) is -1.88. The minimum Gasteiger partial charge on any atom is -0.343 e. The molecule has 0 saturated heterocycles. The molecular weight excluding hydrogens is 336 g/mol. The van der Waals surface area contributed by atoms with E-state index in [-0.39, 0.29) is 34.8 Å². The number of benzene rings is 1. The first-order valence-corrected chi connectivity index (χ1v) is 9.78. The van der Waals surface area contributed by atoms with Crippen LogP contribution in [0.1, 0.15) is 38.5 Å². The van der Waals surface area contributed by atoms with Crippen LogP contribution in [0.15, 0.2) is 29.2 Å². The highest BCUT2D eigenvalue weighted by Gasteiger charge is 2.22. The van der Waals surface area contributed by atoms with E-state index >= 15 is 0 Å². The molecule has 0 radical (unpaired) electrons. The average Bonchev–Trinajstić information content (AvgIpc) is 2.55. The van der Waals surface area contributed by atoms with E-state index in [1.807, 2.05) is 0 Å². The maximum absolute atomic E-state index is 12.2. The Morgan fingerprint density at radius 3 is 2.57 bits per heavy atom. The third kappa shape index (κ3) is 4.93. The topological polar surface area (TPSA) is 66.5 Å². The number of rotatable bonds is 6. The Labute approximate surface area is 143 Å². The molecule has 0 atom stereocenters. The van der Waals surface area contributed by atoms with E-state index < -0.39 is 10.0 Å². The zero-order valence-electron chi connectivity index (χ0n) is 13.3. The molecule has 1 aliphatic carbocycles. The highest BCUT2D eigenvalue weighted by atomic mass is 35.5. The second-order valence-corrected chi connectivity index (χ2v) is 8.02. The van der Waals surface area contributed by atoms with Gasteiger partial charge < -0.3 is 4.90 Å². The Balaban J connectivity index is 1.86. The number of halogens is 1. The molecule has 1 saturated carbocycles. The maximum Gasteiger partial charge on any atom is 0.242 e. The van der Waals surface area contributed by atoms with E-state index in [9.17, 15) is 13.2 Å². The minimum absolute atomic E-state index is 0.0289. The van der Waals surface area contributed by atoms with Crippen LogP contribution in [0.5, 0.6) is 0 Å². The van der Waals surface area contributed by atoms with Crippen molar-refractivity contribution in [1.29, 1.82) is 0 Å². The van der Waals surface area contributed by atoms with Crippen molar-refractivity contribution in [2.45, 2.75) is 49.5 Å². The molecule has 0 heterocycles. The van der Waals surface area contributed by atoms with Gasteiger partial charge >= 0.3 is 0 Å². The number of nitrogens with one attached hydrogen (secondary N) is 1. The molecule has 7 heteroatoms. The largest absolute Gasteiger partial charge is 0.343 e. The zero-order chi connectivity index (χ0) is 16.9. The summed E-state index contributed by atoms with van der Waals surface area (Å²) in [5.41, 5.74) is 0. The zero-order valence-corrected chi connectivity index (χ0v) is 14.9. The van der Waals surface area contributed by atoms with Crippen LogP contribution >= 0.6 is 11.6 Å². The number of carbonyl (C=O) groups excluding carboxylic acids is 1. The highest BCUT2D eigenvalue weighted by molar-refractivity contribution is 7.89. The summed E-state index contributed by atoms with van der Waals surface area (Å²) in [6, 6.07) is 6.54. The Bertz CT molecular complexity index is 642. The number of amides is 1. The molecule has 1 fully saturated rings. The molecule has 1 amide bonds. The molecule has 128 valence electrons. The third-order valence-corrected chi connectivity index (χ3v) is 6.23. The summed E-state index contributed by atoms with van der Waals surface area (Å²) in [6.45, 7) is 0.0729. The lowest BCUT2D eigenvalue weighted by Gasteiger charge is -2.31. The fraction of sp³-hybridized carbons (Fsp3) is 0.562. The first-order valence-electron chi connectivity index (χ1n) is 7.91. The van der Waals surface area contributed by atoms with Crippen molar-refractivity contribution in [3.8, 4) is 0 Å². The maximum atomic E-state index is 12.2. The third-order valence-electron chi connectivity index (χ3n) is 4.27. The van der Waals surface area contributed by atoms with Gasteiger partial charge in [0, 0.05) is 26.1 Å². The van der Waals surface area contributed by atoms with Crippen LogP contribution in [0.2, 0.25) is 5.02 Å². The Morgan fingerprint density at radius 1 is 1.26 bits per heavy atom. The van der Waals surface area contributed by atoms with Crippen LogP contribution in [0.25, 0.3) is 0 Å². The van der Waals surface area contributed by atoms with Gasteiger partial charge in [0.1, 0.15) is 4.90 Å². The molecule has 5 nitrogen and oxygen atoms in total. The standard InChI is InChI=1S/C16H23ClN2O3S/c1-19(13-7-3-2-4-8-13)16(20)11-12-18-23(21,22)15-10-6-5-9-14(15)17/h5-6,9-10,13,18H,2-4,7-8,11-12H2,1H3. The SMILES string of the molecule is CN(C(=O)CCNS(=O)(=O)c1ccccc1Cl)C1CCCCC1. The van der Waals surface area contributed by atoms with Gasteiger partial charge in [-0.2, -0.15) is 0 Å². The van der Waals surface area contributed by atoms with Gasteiger partial charge in [-0.1, -0.05) is 43.0 Å². The average molecular weight is 359 g/mol. The van der Waals surface area contributed by atoms with Crippen LogP contribution < -0.4 is 4.72 Å². The van der Waals surface area contributed by atoms with Crippen LogP contribution in [-0.2, 0) is 14.8 Å². The second kappa shape index (κ2) is 8.13. The fourth-order valence-corrected chi connectivity index (χ4v) is 4.43. The van der Waals surface area contributed by atoms with Gasteiger partial charge in [0.15, 0.2) is 0 Å². The number of nitrogens with zero attached hydrogens (tertiary/aromatic N) is 1. The molecule has 1 N–H and O–H groups in total. The molecule has 0 aromatic heterocycles. The fourth-order valence-electron chi connectivity index (χ4n) is 2.88. The molecule has 0 aliphatic heterocycles.